The minimum Gasteiger partial charge on any atom is -0.425 e. The molecule has 0 radical (unpaired) electrons. The molecule has 0 spiro atoms. The van der Waals surface area contributed by atoms with E-state index in [0.717, 1.165) is 32.1 Å². The smallest absolute Gasteiger partial charge is 0.328 e. The Bertz CT molecular complexity index is 1080. The fourth-order valence-corrected chi connectivity index (χ4v) is 5.70. The number of nitrogens with one attached hydrogen (secondary N) is 1. The van der Waals surface area contributed by atoms with Crippen LogP contribution in [0.15, 0.2) is 48.5 Å². The van der Waals surface area contributed by atoms with E-state index in [0.29, 0.717) is 11.3 Å². The van der Waals surface area contributed by atoms with Crippen molar-refractivity contribution < 1.29 is 23.5 Å². The number of halogens is 1. The first-order valence-corrected chi connectivity index (χ1v) is 10.8. The molecule has 1 N–H and O–H groups in total. The topological polar surface area (TPSA) is 72.5 Å². The van der Waals surface area contributed by atoms with E-state index in [2.05, 4.69) is 5.32 Å². The summed E-state index contributed by atoms with van der Waals surface area (Å²) in [5.74, 6) is -2.19. The number of ketones is 1. The van der Waals surface area contributed by atoms with Crippen LogP contribution in [-0.2, 0) is 9.59 Å². The number of amides is 1. The Morgan fingerprint density at radius 1 is 1.03 bits per heavy atom. The first-order chi connectivity index (χ1) is 14.9. The highest BCUT2D eigenvalue weighted by molar-refractivity contribution is 6.21. The average Bonchev–Trinajstić information content (AvgIpc) is 3.38. The number of ether oxygens (including phenoxy) is 1. The van der Waals surface area contributed by atoms with Crippen LogP contribution < -0.4 is 10.1 Å². The van der Waals surface area contributed by atoms with Crippen molar-refractivity contribution in [3.05, 3.63) is 65.5 Å². The molecule has 31 heavy (non-hydrogen) atoms. The van der Waals surface area contributed by atoms with Crippen molar-refractivity contribution in [2.75, 3.05) is 0 Å². The van der Waals surface area contributed by atoms with Crippen molar-refractivity contribution in [2.24, 2.45) is 10.8 Å². The van der Waals surface area contributed by atoms with E-state index in [1.54, 1.807) is 25.1 Å². The molecule has 1 aliphatic heterocycles. The van der Waals surface area contributed by atoms with Gasteiger partial charge in [-0.2, -0.15) is 0 Å². The quantitative estimate of drug-likeness (QED) is 0.348. The molecule has 160 valence electrons. The second-order valence-electron chi connectivity index (χ2n) is 9.02. The molecule has 2 saturated carbocycles. The highest BCUT2D eigenvalue weighted by Gasteiger charge is 2.88. The van der Waals surface area contributed by atoms with Crippen LogP contribution in [-0.4, -0.2) is 23.7 Å². The molecule has 5 rings (SSSR count). The van der Waals surface area contributed by atoms with Gasteiger partial charge in [-0.25, -0.2) is 4.39 Å². The summed E-state index contributed by atoms with van der Waals surface area (Å²) in [4.78, 5) is 40.6. The second-order valence-corrected chi connectivity index (χ2v) is 9.02. The Morgan fingerprint density at radius 3 is 2.42 bits per heavy atom. The van der Waals surface area contributed by atoms with Crippen LogP contribution in [0, 0.1) is 16.6 Å². The molecule has 3 atom stereocenters. The molecular weight excluding hydrogens is 397 g/mol. The van der Waals surface area contributed by atoms with Crippen molar-refractivity contribution in [3.63, 3.8) is 0 Å². The monoisotopic (exact) mass is 421 g/mol. The molecular formula is C25H24FNO4. The summed E-state index contributed by atoms with van der Waals surface area (Å²) < 4.78 is 19.0. The maximum Gasteiger partial charge on any atom is 0.328 e. The number of hydrogen-bond donors (Lipinski definition) is 1. The summed E-state index contributed by atoms with van der Waals surface area (Å²) in [5, 5.41) is 3.05. The highest BCUT2D eigenvalue weighted by atomic mass is 19.1. The number of Topliss-reactive ketones (excluding diaryl/α,β-unsaturated/α-hetero) is 1. The number of esters is 1. The lowest BCUT2D eigenvalue weighted by Gasteiger charge is -2.28. The Morgan fingerprint density at radius 2 is 1.71 bits per heavy atom. The zero-order valence-corrected chi connectivity index (χ0v) is 17.3. The van der Waals surface area contributed by atoms with E-state index in [9.17, 15) is 18.8 Å². The molecule has 2 aromatic carbocycles. The summed E-state index contributed by atoms with van der Waals surface area (Å²) in [6.45, 7) is 1.66. The van der Waals surface area contributed by atoms with Crippen LogP contribution in [0.5, 0.6) is 5.75 Å². The summed E-state index contributed by atoms with van der Waals surface area (Å²) >= 11 is 0. The molecule has 1 amide bonds. The Labute approximate surface area is 180 Å². The van der Waals surface area contributed by atoms with Crippen molar-refractivity contribution in [3.8, 4) is 5.75 Å². The summed E-state index contributed by atoms with van der Waals surface area (Å²) in [7, 11) is 0. The van der Waals surface area contributed by atoms with Crippen LogP contribution in [0.3, 0.4) is 0 Å². The van der Waals surface area contributed by atoms with Gasteiger partial charge in [-0.15, -0.1) is 0 Å². The van der Waals surface area contributed by atoms with Gasteiger partial charge in [-0.3, -0.25) is 14.4 Å². The predicted octanol–water partition coefficient (Wildman–Crippen LogP) is 4.17. The lowest BCUT2D eigenvalue weighted by Crippen LogP contribution is -2.49. The fraction of sp³-hybridized carbons (Fsp3) is 0.400. The number of para-hydroxylation sites is 1. The Balaban J connectivity index is 1.59. The van der Waals surface area contributed by atoms with E-state index >= 15 is 0 Å². The normalized spacial score (nSPS) is 29.4. The molecule has 0 unspecified atom stereocenters. The average molecular weight is 421 g/mol. The highest BCUT2D eigenvalue weighted by Crippen LogP contribution is 2.78. The predicted molar refractivity (Wildman–Crippen MR) is 111 cm³/mol. The van der Waals surface area contributed by atoms with Gasteiger partial charge in [0.1, 0.15) is 11.6 Å². The fourth-order valence-electron chi connectivity index (χ4n) is 5.70. The summed E-state index contributed by atoms with van der Waals surface area (Å²) in [6.07, 6.45) is 4.92. The Kier molecular flexibility index (Phi) is 4.50. The Hall–Kier alpha value is -3.02. The first kappa shape index (κ1) is 19.9. The zero-order valence-electron chi connectivity index (χ0n) is 17.3. The lowest BCUT2D eigenvalue weighted by molar-refractivity contribution is -0.149. The maximum atomic E-state index is 13.7. The van der Waals surface area contributed by atoms with Gasteiger partial charge in [0.05, 0.1) is 5.41 Å². The van der Waals surface area contributed by atoms with Crippen LogP contribution in [0.4, 0.5) is 4.39 Å². The largest absolute Gasteiger partial charge is 0.425 e. The van der Waals surface area contributed by atoms with E-state index in [-0.39, 0.29) is 17.4 Å². The van der Waals surface area contributed by atoms with Crippen molar-refractivity contribution in [1.29, 1.82) is 0 Å². The van der Waals surface area contributed by atoms with Crippen molar-refractivity contribution in [1.82, 2.24) is 5.32 Å². The van der Waals surface area contributed by atoms with Crippen LogP contribution in [0.25, 0.3) is 0 Å². The number of rotatable bonds is 4. The van der Waals surface area contributed by atoms with Gasteiger partial charge in [0.15, 0.2) is 11.2 Å². The molecule has 2 aromatic rings. The van der Waals surface area contributed by atoms with Crippen molar-refractivity contribution in [2.45, 2.75) is 51.0 Å². The number of benzene rings is 2. The maximum absolute atomic E-state index is 13.7. The van der Waals surface area contributed by atoms with Gasteiger partial charge < -0.3 is 10.1 Å². The van der Waals surface area contributed by atoms with Crippen LogP contribution in [0.2, 0.25) is 0 Å². The first-order valence-electron chi connectivity index (χ1n) is 10.8. The van der Waals surface area contributed by atoms with Crippen LogP contribution >= 0.6 is 0 Å². The molecule has 0 aromatic heterocycles. The molecule has 2 aliphatic carbocycles. The SMILES string of the molecule is C[C@@]1(C(=O)c2ccc(F)cc2)[C@@H]2c3ccccc3OC(=O)[C@]21C(=O)NC1CCCCC1. The lowest BCUT2D eigenvalue weighted by atomic mass is 9.85. The standard InChI is InChI=1S/C25H24FNO4/c1-24(21(28)15-11-13-16(26)14-12-15)20-18-9-5-6-10-19(18)31-23(30)25(20,24)22(29)27-17-7-3-2-4-8-17/h5-6,9-14,17,20H,2-4,7-8H2,1H3,(H,27,29)/t20-,24-,25+/m0/s1. The van der Waals surface area contributed by atoms with Gasteiger partial charge in [-0.1, -0.05) is 37.5 Å². The number of hydrogen-bond acceptors (Lipinski definition) is 4. The molecule has 5 nitrogen and oxygen atoms in total. The minimum atomic E-state index is -1.62. The summed E-state index contributed by atoms with van der Waals surface area (Å²) in [5.41, 5.74) is -1.98. The number of fused-ring (bicyclic) bond motifs is 3. The molecule has 3 aliphatic rings. The molecule has 2 fully saturated rings. The van der Waals surface area contributed by atoms with Gasteiger partial charge in [0, 0.05) is 23.1 Å². The third-order valence-electron chi connectivity index (χ3n) is 7.38. The molecule has 6 heteroatoms. The van der Waals surface area contributed by atoms with Crippen LogP contribution in [0.1, 0.15) is 60.9 Å². The molecule has 1 heterocycles. The zero-order chi connectivity index (χ0) is 21.8. The molecule has 0 saturated heterocycles. The third kappa shape index (κ3) is 2.70. The van der Waals surface area contributed by atoms with Gasteiger partial charge in [-0.05, 0) is 50.1 Å². The van der Waals surface area contributed by atoms with E-state index < -0.39 is 34.4 Å². The van der Waals surface area contributed by atoms with Crippen molar-refractivity contribution >= 4 is 17.7 Å². The summed E-state index contributed by atoms with van der Waals surface area (Å²) in [6, 6.07) is 12.3. The minimum absolute atomic E-state index is 0.00739. The third-order valence-corrected chi connectivity index (χ3v) is 7.38. The van der Waals surface area contributed by atoms with Gasteiger partial charge in [0.2, 0.25) is 5.91 Å². The molecule has 0 bridgehead atoms. The van der Waals surface area contributed by atoms with Gasteiger partial charge in [0.25, 0.3) is 0 Å². The number of carbonyl (C=O) groups excluding carboxylic acids is 3. The van der Waals surface area contributed by atoms with E-state index in [4.69, 9.17) is 4.74 Å². The number of carbonyl (C=O) groups is 3. The van der Waals surface area contributed by atoms with Gasteiger partial charge >= 0.3 is 5.97 Å². The van der Waals surface area contributed by atoms with E-state index in [1.807, 2.05) is 6.07 Å². The van der Waals surface area contributed by atoms with E-state index in [1.165, 1.54) is 24.3 Å². The second kappa shape index (κ2) is 7.01.